The molecule has 38 heavy (non-hydrogen) atoms. The SMILES string of the molecule is O=c1c(-c2cc(-c3ccccn3)cn(-c3ccccc3)c2=O)cc(-c2ccccn2)cn1-c1ccccc1. The van der Waals surface area contributed by atoms with E-state index in [-0.39, 0.29) is 22.2 Å². The van der Waals surface area contributed by atoms with Gasteiger partial charge in [0.15, 0.2) is 0 Å². The van der Waals surface area contributed by atoms with E-state index in [0.717, 1.165) is 11.1 Å². The number of pyridine rings is 4. The van der Waals surface area contributed by atoms with E-state index in [9.17, 15) is 9.59 Å². The Kier molecular flexibility index (Phi) is 6.04. The van der Waals surface area contributed by atoms with Gasteiger partial charge >= 0.3 is 0 Å². The van der Waals surface area contributed by atoms with E-state index in [2.05, 4.69) is 9.97 Å². The molecule has 0 amide bonds. The van der Waals surface area contributed by atoms with Gasteiger partial charge in [0, 0.05) is 47.3 Å². The second-order valence-corrected chi connectivity index (χ2v) is 8.74. The average Bonchev–Trinajstić information content (AvgIpc) is 2.99. The Balaban J connectivity index is 1.68. The summed E-state index contributed by atoms with van der Waals surface area (Å²) >= 11 is 0. The fourth-order valence-electron chi connectivity index (χ4n) is 4.46. The second kappa shape index (κ2) is 9.95. The number of hydrogen-bond donors (Lipinski definition) is 0. The normalized spacial score (nSPS) is 10.8. The molecule has 6 heteroatoms. The van der Waals surface area contributed by atoms with Crippen LogP contribution in [0.5, 0.6) is 0 Å². The van der Waals surface area contributed by atoms with E-state index in [1.54, 1.807) is 46.1 Å². The molecular formula is C32H22N4O2. The molecule has 0 atom stereocenters. The maximum Gasteiger partial charge on any atom is 0.263 e. The summed E-state index contributed by atoms with van der Waals surface area (Å²) in [5.74, 6) is 0. The molecule has 0 aliphatic carbocycles. The van der Waals surface area contributed by atoms with Crippen molar-refractivity contribution in [3.05, 3.63) is 155 Å². The average molecular weight is 495 g/mol. The topological polar surface area (TPSA) is 69.8 Å². The maximum absolute atomic E-state index is 14.0. The molecule has 0 unspecified atom stereocenters. The predicted molar refractivity (Wildman–Crippen MR) is 150 cm³/mol. The van der Waals surface area contributed by atoms with Gasteiger partial charge in [-0.1, -0.05) is 48.5 Å². The lowest BCUT2D eigenvalue weighted by Gasteiger charge is -2.15. The van der Waals surface area contributed by atoms with E-state index >= 15 is 0 Å². The largest absolute Gasteiger partial charge is 0.283 e. The third kappa shape index (κ3) is 4.35. The Hall–Kier alpha value is -5.36. The van der Waals surface area contributed by atoms with Crippen LogP contribution in [-0.2, 0) is 0 Å². The quantitative estimate of drug-likeness (QED) is 0.305. The van der Waals surface area contributed by atoms with E-state index in [1.165, 1.54) is 0 Å². The molecule has 0 saturated heterocycles. The molecule has 2 aromatic carbocycles. The fourth-order valence-corrected chi connectivity index (χ4v) is 4.46. The number of nitrogens with zero attached hydrogens (tertiary/aromatic N) is 4. The summed E-state index contributed by atoms with van der Waals surface area (Å²) in [4.78, 5) is 36.9. The molecule has 4 heterocycles. The van der Waals surface area contributed by atoms with Crippen molar-refractivity contribution < 1.29 is 0 Å². The summed E-state index contributed by atoms with van der Waals surface area (Å²) in [5.41, 5.74) is 4.19. The zero-order valence-electron chi connectivity index (χ0n) is 20.3. The summed E-state index contributed by atoms with van der Waals surface area (Å²) < 4.78 is 3.14. The number of rotatable bonds is 5. The third-order valence-corrected chi connectivity index (χ3v) is 6.31. The Morgan fingerprint density at radius 2 is 0.868 bits per heavy atom. The summed E-state index contributed by atoms with van der Waals surface area (Å²) in [5, 5.41) is 0. The van der Waals surface area contributed by atoms with Crippen molar-refractivity contribution in [3.8, 4) is 45.0 Å². The molecule has 0 N–H and O–H groups in total. The standard InChI is InChI=1S/C32H22N4O2/c37-31-27(19-23(29-15-7-9-17-33-29)21-35(31)25-11-3-1-4-12-25)28-20-24(30-16-8-10-18-34-30)22-36(32(28)38)26-13-5-2-6-14-26/h1-22H. The van der Waals surface area contributed by atoms with Crippen LogP contribution in [-0.4, -0.2) is 19.1 Å². The highest BCUT2D eigenvalue weighted by molar-refractivity contribution is 5.74. The molecular weight excluding hydrogens is 472 g/mol. The minimum Gasteiger partial charge on any atom is -0.283 e. The Bertz CT molecular complexity index is 1690. The lowest BCUT2D eigenvalue weighted by molar-refractivity contribution is 0.974. The van der Waals surface area contributed by atoms with Crippen molar-refractivity contribution in [2.75, 3.05) is 0 Å². The van der Waals surface area contributed by atoms with Gasteiger partial charge in [-0.3, -0.25) is 28.7 Å². The zero-order chi connectivity index (χ0) is 25.9. The molecule has 0 fully saturated rings. The highest BCUT2D eigenvalue weighted by Gasteiger charge is 2.18. The first-order chi connectivity index (χ1) is 18.7. The van der Waals surface area contributed by atoms with E-state index in [1.807, 2.05) is 97.1 Å². The van der Waals surface area contributed by atoms with Gasteiger partial charge in [0.2, 0.25) is 0 Å². The Labute approximate surface area is 218 Å². The molecule has 4 aromatic heterocycles. The zero-order valence-corrected chi connectivity index (χ0v) is 20.3. The Morgan fingerprint density at radius 3 is 1.24 bits per heavy atom. The number of aromatic nitrogens is 4. The first-order valence-corrected chi connectivity index (χ1v) is 12.2. The molecule has 0 bridgehead atoms. The van der Waals surface area contributed by atoms with Crippen molar-refractivity contribution >= 4 is 0 Å². The molecule has 182 valence electrons. The second-order valence-electron chi connectivity index (χ2n) is 8.74. The van der Waals surface area contributed by atoms with E-state index < -0.39 is 0 Å². The number of hydrogen-bond acceptors (Lipinski definition) is 4. The summed E-state index contributed by atoms with van der Waals surface area (Å²) in [7, 11) is 0. The van der Waals surface area contributed by atoms with Crippen molar-refractivity contribution in [2.45, 2.75) is 0 Å². The van der Waals surface area contributed by atoms with Gasteiger partial charge in [0.25, 0.3) is 11.1 Å². The molecule has 0 spiro atoms. The van der Waals surface area contributed by atoms with Crippen LogP contribution in [0.3, 0.4) is 0 Å². The molecule has 0 radical (unpaired) electrons. The van der Waals surface area contributed by atoms with Crippen LogP contribution in [0.2, 0.25) is 0 Å². The number of para-hydroxylation sites is 2. The van der Waals surface area contributed by atoms with Crippen LogP contribution < -0.4 is 11.1 Å². The summed E-state index contributed by atoms with van der Waals surface area (Å²) in [6.07, 6.45) is 6.94. The van der Waals surface area contributed by atoms with Gasteiger partial charge in [0.1, 0.15) is 0 Å². The van der Waals surface area contributed by atoms with Gasteiger partial charge in [-0.2, -0.15) is 0 Å². The monoisotopic (exact) mass is 494 g/mol. The van der Waals surface area contributed by atoms with Gasteiger partial charge in [0.05, 0.1) is 22.5 Å². The molecule has 6 rings (SSSR count). The van der Waals surface area contributed by atoms with Crippen molar-refractivity contribution in [2.24, 2.45) is 0 Å². The Morgan fingerprint density at radius 1 is 0.474 bits per heavy atom. The van der Waals surface area contributed by atoms with Crippen LogP contribution in [0, 0.1) is 0 Å². The number of benzene rings is 2. The van der Waals surface area contributed by atoms with Crippen LogP contribution >= 0.6 is 0 Å². The maximum atomic E-state index is 14.0. The first kappa shape index (κ1) is 23.1. The highest BCUT2D eigenvalue weighted by atomic mass is 16.1. The lowest BCUT2D eigenvalue weighted by Crippen LogP contribution is -2.26. The van der Waals surface area contributed by atoms with Gasteiger partial charge in [-0.15, -0.1) is 0 Å². The molecule has 6 nitrogen and oxygen atoms in total. The molecule has 0 aliphatic rings. The van der Waals surface area contributed by atoms with Crippen molar-refractivity contribution in [3.63, 3.8) is 0 Å². The third-order valence-electron chi connectivity index (χ3n) is 6.31. The highest BCUT2D eigenvalue weighted by Crippen LogP contribution is 2.26. The molecule has 0 aliphatic heterocycles. The predicted octanol–water partition coefficient (Wildman–Crippen LogP) is 5.78. The molecule has 0 saturated carbocycles. The lowest BCUT2D eigenvalue weighted by atomic mass is 10.0. The smallest absolute Gasteiger partial charge is 0.263 e. The van der Waals surface area contributed by atoms with Gasteiger partial charge in [-0.25, -0.2) is 0 Å². The summed E-state index contributed by atoms with van der Waals surface area (Å²) in [6, 6.07) is 33.5. The fraction of sp³-hybridized carbons (Fsp3) is 0. The van der Waals surface area contributed by atoms with Crippen LogP contribution in [0.1, 0.15) is 0 Å². The molecule has 6 aromatic rings. The van der Waals surface area contributed by atoms with E-state index in [0.29, 0.717) is 22.8 Å². The minimum absolute atomic E-state index is 0.282. The van der Waals surface area contributed by atoms with Gasteiger partial charge < -0.3 is 0 Å². The minimum atomic E-state index is -0.300. The van der Waals surface area contributed by atoms with Crippen LogP contribution in [0.25, 0.3) is 45.0 Å². The van der Waals surface area contributed by atoms with Crippen molar-refractivity contribution in [1.29, 1.82) is 0 Å². The first-order valence-electron chi connectivity index (χ1n) is 12.2. The van der Waals surface area contributed by atoms with Gasteiger partial charge in [-0.05, 0) is 60.7 Å². The van der Waals surface area contributed by atoms with Crippen LogP contribution in [0.4, 0.5) is 0 Å². The van der Waals surface area contributed by atoms with Crippen LogP contribution in [0.15, 0.2) is 144 Å². The summed E-state index contributed by atoms with van der Waals surface area (Å²) in [6.45, 7) is 0. The van der Waals surface area contributed by atoms with E-state index in [4.69, 9.17) is 0 Å². The van der Waals surface area contributed by atoms with Crippen molar-refractivity contribution in [1.82, 2.24) is 19.1 Å².